The summed E-state index contributed by atoms with van der Waals surface area (Å²) in [6, 6.07) is 10.9. The molecule has 3 heterocycles. The van der Waals surface area contributed by atoms with Gasteiger partial charge in [-0.25, -0.2) is 8.42 Å². The summed E-state index contributed by atoms with van der Waals surface area (Å²) in [6.07, 6.45) is 4.42. The molecule has 0 aliphatic carbocycles. The molecule has 1 aromatic heterocycles. The molecule has 6 nitrogen and oxygen atoms in total. The summed E-state index contributed by atoms with van der Waals surface area (Å²) in [5.41, 5.74) is 0.630. The van der Waals surface area contributed by atoms with Crippen molar-refractivity contribution in [3.63, 3.8) is 0 Å². The number of aromatic nitrogens is 1. The van der Waals surface area contributed by atoms with Crippen LogP contribution < -0.4 is 4.74 Å². The van der Waals surface area contributed by atoms with E-state index in [1.54, 1.807) is 31.4 Å². The molecule has 4 rings (SSSR count). The standard InChI is InChI=1S/C18H21N3O3S/c1-20-13-18(24-16-6-2-3-7-17(16)25(20,22)23)8-10-21(14-18)12-15-5-4-9-19-11-15/h2-7,9,11H,8,10,12-14H2,1H3/t18-/m0/s1. The molecule has 1 aromatic carbocycles. The van der Waals surface area contributed by atoms with E-state index >= 15 is 0 Å². The average Bonchev–Trinajstić information content (AvgIpc) is 2.94. The fraction of sp³-hybridized carbons (Fsp3) is 0.389. The van der Waals surface area contributed by atoms with Crippen LogP contribution in [-0.2, 0) is 16.6 Å². The Balaban J connectivity index is 1.61. The second-order valence-corrected chi connectivity index (χ2v) is 8.83. The summed E-state index contributed by atoms with van der Waals surface area (Å²) >= 11 is 0. The second kappa shape index (κ2) is 6.09. The van der Waals surface area contributed by atoms with Gasteiger partial charge in [-0.3, -0.25) is 9.88 Å². The lowest BCUT2D eigenvalue weighted by molar-refractivity contribution is 0.0623. The highest BCUT2D eigenvalue weighted by Gasteiger charge is 2.46. The van der Waals surface area contributed by atoms with Crippen molar-refractivity contribution in [1.29, 1.82) is 0 Å². The van der Waals surface area contributed by atoms with Crippen LogP contribution in [0.1, 0.15) is 12.0 Å². The van der Waals surface area contributed by atoms with Crippen molar-refractivity contribution in [2.24, 2.45) is 0 Å². The Kier molecular flexibility index (Phi) is 4.02. The maximum Gasteiger partial charge on any atom is 0.246 e. The minimum absolute atomic E-state index is 0.250. The van der Waals surface area contributed by atoms with Crippen LogP contribution in [0.3, 0.4) is 0 Å². The third kappa shape index (κ3) is 3.03. The quantitative estimate of drug-likeness (QED) is 0.817. The Bertz CT molecular complexity index is 872. The molecule has 132 valence electrons. The largest absolute Gasteiger partial charge is 0.483 e. The maximum atomic E-state index is 12.8. The van der Waals surface area contributed by atoms with Crippen LogP contribution in [0.2, 0.25) is 0 Å². The van der Waals surface area contributed by atoms with Gasteiger partial charge in [-0.15, -0.1) is 0 Å². The number of para-hydroxylation sites is 1. The van der Waals surface area contributed by atoms with Gasteiger partial charge in [0.1, 0.15) is 16.2 Å². The van der Waals surface area contributed by atoms with Gasteiger partial charge in [0.05, 0.1) is 6.54 Å². The van der Waals surface area contributed by atoms with E-state index in [1.807, 2.05) is 18.3 Å². The topological polar surface area (TPSA) is 62.7 Å². The van der Waals surface area contributed by atoms with E-state index in [2.05, 4.69) is 16.0 Å². The lowest BCUT2D eigenvalue weighted by Gasteiger charge is -2.30. The van der Waals surface area contributed by atoms with Crippen LogP contribution in [0.25, 0.3) is 0 Å². The van der Waals surface area contributed by atoms with Crippen molar-refractivity contribution < 1.29 is 13.2 Å². The third-order valence-electron chi connectivity index (χ3n) is 4.90. The molecule has 2 aliphatic heterocycles. The second-order valence-electron chi connectivity index (χ2n) is 6.81. The van der Waals surface area contributed by atoms with Crippen molar-refractivity contribution >= 4 is 10.0 Å². The number of nitrogens with zero attached hydrogens (tertiary/aromatic N) is 3. The number of hydrogen-bond donors (Lipinski definition) is 0. The normalized spacial score (nSPS) is 26.1. The van der Waals surface area contributed by atoms with Crippen molar-refractivity contribution in [3.8, 4) is 5.75 Å². The van der Waals surface area contributed by atoms with E-state index in [4.69, 9.17) is 4.74 Å². The molecular weight excluding hydrogens is 338 g/mol. The van der Waals surface area contributed by atoms with Crippen LogP contribution in [0, 0.1) is 0 Å². The molecular formula is C18H21N3O3S. The predicted octanol–water partition coefficient (Wildman–Crippen LogP) is 1.74. The minimum Gasteiger partial charge on any atom is -0.483 e. The van der Waals surface area contributed by atoms with Crippen molar-refractivity contribution in [2.75, 3.05) is 26.7 Å². The molecule has 0 N–H and O–H groups in total. The lowest BCUT2D eigenvalue weighted by atomic mass is 10.0. The molecule has 0 radical (unpaired) electrons. The van der Waals surface area contributed by atoms with E-state index in [0.717, 1.165) is 25.1 Å². The molecule has 2 aromatic rings. The zero-order valence-corrected chi connectivity index (χ0v) is 14.9. The summed E-state index contributed by atoms with van der Waals surface area (Å²) in [6.45, 7) is 2.70. The molecule has 0 amide bonds. The van der Waals surface area contributed by atoms with Crippen LogP contribution in [0.5, 0.6) is 5.75 Å². The molecule has 2 aliphatic rings. The van der Waals surface area contributed by atoms with Crippen molar-refractivity contribution in [3.05, 3.63) is 54.4 Å². The Hall–Kier alpha value is -1.96. The molecule has 1 saturated heterocycles. The van der Waals surface area contributed by atoms with Gasteiger partial charge in [0.2, 0.25) is 10.0 Å². The number of fused-ring (bicyclic) bond motifs is 1. The minimum atomic E-state index is -3.52. The Morgan fingerprint density at radius 2 is 2.04 bits per heavy atom. The Morgan fingerprint density at radius 1 is 1.20 bits per heavy atom. The molecule has 1 spiro atoms. The summed E-state index contributed by atoms with van der Waals surface area (Å²) < 4.78 is 33.2. The number of likely N-dealkylation sites (tertiary alicyclic amines) is 1. The number of benzene rings is 1. The summed E-state index contributed by atoms with van der Waals surface area (Å²) in [4.78, 5) is 6.71. The van der Waals surface area contributed by atoms with Crippen molar-refractivity contribution in [1.82, 2.24) is 14.2 Å². The van der Waals surface area contributed by atoms with Crippen LogP contribution >= 0.6 is 0 Å². The molecule has 0 unspecified atom stereocenters. The molecule has 1 atom stereocenters. The van der Waals surface area contributed by atoms with Crippen molar-refractivity contribution in [2.45, 2.75) is 23.5 Å². The van der Waals surface area contributed by atoms with Crippen LogP contribution in [-0.4, -0.2) is 54.9 Å². The molecule has 25 heavy (non-hydrogen) atoms. The van der Waals surface area contributed by atoms with Gasteiger partial charge in [0, 0.05) is 45.5 Å². The van der Waals surface area contributed by atoms with Gasteiger partial charge >= 0.3 is 0 Å². The molecule has 0 saturated carbocycles. The first-order valence-corrected chi connectivity index (χ1v) is 9.78. The van der Waals surface area contributed by atoms with Gasteiger partial charge in [-0.1, -0.05) is 18.2 Å². The van der Waals surface area contributed by atoms with Gasteiger partial charge in [-0.2, -0.15) is 4.31 Å². The summed E-state index contributed by atoms with van der Waals surface area (Å²) in [5, 5.41) is 0. The van der Waals surface area contributed by atoms with Crippen LogP contribution in [0.4, 0.5) is 0 Å². The number of ether oxygens (including phenoxy) is 1. The van der Waals surface area contributed by atoms with E-state index < -0.39 is 15.6 Å². The number of hydrogen-bond acceptors (Lipinski definition) is 5. The maximum absolute atomic E-state index is 12.8. The first-order chi connectivity index (χ1) is 12.0. The number of rotatable bonds is 2. The van der Waals surface area contributed by atoms with E-state index in [0.29, 0.717) is 18.8 Å². The fourth-order valence-corrected chi connectivity index (χ4v) is 5.05. The third-order valence-corrected chi connectivity index (χ3v) is 6.74. The zero-order valence-electron chi connectivity index (χ0n) is 14.1. The number of likely N-dealkylation sites (N-methyl/N-ethyl adjacent to an activating group) is 1. The van der Waals surface area contributed by atoms with E-state index in [9.17, 15) is 8.42 Å². The van der Waals surface area contributed by atoms with E-state index in [-0.39, 0.29) is 4.90 Å². The zero-order chi connectivity index (χ0) is 17.5. The average molecular weight is 359 g/mol. The molecule has 0 bridgehead atoms. The number of sulfonamides is 1. The SMILES string of the molecule is CN1C[C@]2(CCN(Cc3cccnc3)C2)Oc2ccccc2S1(=O)=O. The summed E-state index contributed by atoms with van der Waals surface area (Å²) in [7, 11) is -1.89. The lowest BCUT2D eigenvalue weighted by Crippen LogP contribution is -2.47. The number of pyridine rings is 1. The monoisotopic (exact) mass is 359 g/mol. The summed E-state index contributed by atoms with van der Waals surface area (Å²) in [5.74, 6) is 0.454. The highest BCUT2D eigenvalue weighted by Crippen LogP contribution is 2.37. The fourth-order valence-electron chi connectivity index (χ4n) is 3.70. The van der Waals surface area contributed by atoms with Crippen LogP contribution in [0.15, 0.2) is 53.7 Å². The van der Waals surface area contributed by atoms with Gasteiger partial charge in [-0.05, 0) is 23.8 Å². The first kappa shape index (κ1) is 16.5. The molecule has 1 fully saturated rings. The van der Waals surface area contributed by atoms with Gasteiger partial charge in [0.25, 0.3) is 0 Å². The Morgan fingerprint density at radius 3 is 2.84 bits per heavy atom. The highest BCUT2D eigenvalue weighted by atomic mass is 32.2. The van der Waals surface area contributed by atoms with Gasteiger partial charge in [0.15, 0.2) is 0 Å². The first-order valence-electron chi connectivity index (χ1n) is 8.34. The smallest absolute Gasteiger partial charge is 0.246 e. The Labute approximate surface area is 148 Å². The van der Waals surface area contributed by atoms with Gasteiger partial charge < -0.3 is 4.74 Å². The van der Waals surface area contributed by atoms with E-state index in [1.165, 1.54) is 4.31 Å². The predicted molar refractivity (Wildman–Crippen MR) is 93.7 cm³/mol. The highest BCUT2D eigenvalue weighted by molar-refractivity contribution is 7.89. The molecule has 7 heteroatoms.